The van der Waals surface area contributed by atoms with Crippen LogP contribution in [0.1, 0.15) is 35.4 Å². The van der Waals surface area contributed by atoms with Crippen LogP contribution in [0, 0.1) is 13.8 Å². The van der Waals surface area contributed by atoms with Crippen molar-refractivity contribution in [2.24, 2.45) is 0 Å². The molecule has 0 radical (unpaired) electrons. The number of rotatable bonds is 6. The molecule has 1 saturated heterocycles. The molecule has 27 heavy (non-hydrogen) atoms. The molecular formula is C21H29N3O3. The van der Waals surface area contributed by atoms with Crippen molar-refractivity contribution in [3.8, 4) is 5.75 Å². The molecule has 1 aliphatic rings. The summed E-state index contributed by atoms with van der Waals surface area (Å²) >= 11 is 0. The third-order valence-corrected chi connectivity index (χ3v) is 5.30. The molecule has 2 heterocycles. The largest absolute Gasteiger partial charge is 0.496 e. The van der Waals surface area contributed by atoms with Gasteiger partial charge in [-0.15, -0.1) is 0 Å². The van der Waals surface area contributed by atoms with Gasteiger partial charge in [-0.05, 0) is 38.3 Å². The molecule has 1 aliphatic heterocycles. The minimum Gasteiger partial charge on any atom is -0.496 e. The maximum absolute atomic E-state index is 12.7. The number of benzene rings is 1. The van der Waals surface area contributed by atoms with E-state index in [4.69, 9.17) is 9.26 Å². The summed E-state index contributed by atoms with van der Waals surface area (Å²) < 4.78 is 10.7. The first-order valence-corrected chi connectivity index (χ1v) is 9.62. The van der Waals surface area contributed by atoms with Gasteiger partial charge >= 0.3 is 0 Å². The number of aryl methyl sites for hydroxylation is 3. The Morgan fingerprint density at radius 3 is 2.74 bits per heavy atom. The number of para-hydroxylation sites is 1. The van der Waals surface area contributed by atoms with Gasteiger partial charge in [-0.1, -0.05) is 23.4 Å². The molecule has 6 heteroatoms. The number of ether oxygens (including phenoxy) is 1. The first-order valence-electron chi connectivity index (χ1n) is 9.62. The van der Waals surface area contributed by atoms with E-state index < -0.39 is 0 Å². The van der Waals surface area contributed by atoms with Gasteiger partial charge in [0.25, 0.3) is 0 Å². The van der Waals surface area contributed by atoms with E-state index in [2.05, 4.69) is 10.1 Å². The summed E-state index contributed by atoms with van der Waals surface area (Å²) in [5, 5.41) is 4.04. The highest BCUT2D eigenvalue weighted by atomic mass is 16.5. The summed E-state index contributed by atoms with van der Waals surface area (Å²) in [7, 11) is 1.67. The summed E-state index contributed by atoms with van der Waals surface area (Å²) in [6.07, 6.45) is 2.22. The molecule has 0 N–H and O–H groups in total. The number of hydrogen-bond donors (Lipinski definition) is 0. The van der Waals surface area contributed by atoms with Crippen LogP contribution in [0.25, 0.3) is 0 Å². The second-order valence-corrected chi connectivity index (χ2v) is 7.13. The summed E-state index contributed by atoms with van der Waals surface area (Å²) in [6, 6.07) is 7.91. The Balaban J connectivity index is 1.52. The van der Waals surface area contributed by atoms with Gasteiger partial charge in [0.2, 0.25) is 5.91 Å². The second-order valence-electron chi connectivity index (χ2n) is 7.13. The minimum atomic E-state index is 0.222. The Morgan fingerprint density at radius 2 is 2.00 bits per heavy atom. The Labute approximate surface area is 161 Å². The molecule has 3 rings (SSSR count). The highest BCUT2D eigenvalue weighted by Gasteiger charge is 2.21. The summed E-state index contributed by atoms with van der Waals surface area (Å²) in [5.74, 6) is 1.97. The lowest BCUT2D eigenvalue weighted by molar-refractivity contribution is -0.131. The lowest BCUT2D eigenvalue weighted by atomic mass is 10.1. The average Bonchev–Trinajstić information content (AvgIpc) is 2.88. The van der Waals surface area contributed by atoms with Crippen LogP contribution in [0.4, 0.5) is 0 Å². The Bertz CT molecular complexity index is 752. The van der Waals surface area contributed by atoms with Crippen LogP contribution in [0.3, 0.4) is 0 Å². The van der Waals surface area contributed by atoms with Crippen molar-refractivity contribution in [1.82, 2.24) is 15.0 Å². The Kier molecular flexibility index (Phi) is 6.50. The normalized spacial score (nSPS) is 15.6. The topological polar surface area (TPSA) is 58.8 Å². The van der Waals surface area contributed by atoms with Gasteiger partial charge in [-0.2, -0.15) is 0 Å². The van der Waals surface area contributed by atoms with Crippen molar-refractivity contribution < 1.29 is 14.1 Å². The van der Waals surface area contributed by atoms with Crippen LogP contribution < -0.4 is 4.74 Å². The summed E-state index contributed by atoms with van der Waals surface area (Å²) in [5.41, 5.74) is 3.22. The molecule has 0 unspecified atom stereocenters. The van der Waals surface area contributed by atoms with Crippen LogP contribution >= 0.6 is 0 Å². The van der Waals surface area contributed by atoms with E-state index in [-0.39, 0.29) is 5.91 Å². The zero-order valence-electron chi connectivity index (χ0n) is 16.5. The van der Waals surface area contributed by atoms with Crippen molar-refractivity contribution in [3.63, 3.8) is 0 Å². The summed E-state index contributed by atoms with van der Waals surface area (Å²) in [4.78, 5) is 17.1. The predicted octanol–water partition coefficient (Wildman–Crippen LogP) is 2.97. The van der Waals surface area contributed by atoms with Crippen LogP contribution in [0.15, 0.2) is 28.8 Å². The Hall–Kier alpha value is -2.34. The molecular weight excluding hydrogens is 342 g/mol. The molecule has 1 aromatic carbocycles. The second kappa shape index (κ2) is 9.04. The highest BCUT2D eigenvalue weighted by Crippen LogP contribution is 2.20. The van der Waals surface area contributed by atoms with Crippen molar-refractivity contribution in [2.75, 3.05) is 33.3 Å². The van der Waals surface area contributed by atoms with Crippen LogP contribution in [0.2, 0.25) is 0 Å². The van der Waals surface area contributed by atoms with E-state index in [0.29, 0.717) is 12.8 Å². The molecule has 2 aromatic rings. The smallest absolute Gasteiger partial charge is 0.222 e. The fourth-order valence-electron chi connectivity index (χ4n) is 3.64. The van der Waals surface area contributed by atoms with Crippen molar-refractivity contribution in [2.45, 2.75) is 39.7 Å². The maximum Gasteiger partial charge on any atom is 0.222 e. The Morgan fingerprint density at radius 1 is 1.19 bits per heavy atom. The van der Waals surface area contributed by atoms with Gasteiger partial charge in [-0.25, -0.2) is 0 Å². The number of methoxy groups -OCH3 is 1. The fourth-order valence-corrected chi connectivity index (χ4v) is 3.64. The van der Waals surface area contributed by atoms with E-state index in [9.17, 15) is 4.79 Å². The van der Waals surface area contributed by atoms with Crippen LogP contribution in [-0.4, -0.2) is 54.2 Å². The van der Waals surface area contributed by atoms with E-state index in [1.165, 1.54) is 5.56 Å². The van der Waals surface area contributed by atoms with Crippen molar-refractivity contribution in [1.29, 1.82) is 0 Å². The predicted molar refractivity (Wildman–Crippen MR) is 104 cm³/mol. The molecule has 1 amide bonds. The SMILES string of the molecule is COc1ccccc1CCC(=O)N1CCCN(Cc2c(C)noc2C)CC1. The molecule has 6 nitrogen and oxygen atoms in total. The van der Waals surface area contributed by atoms with Gasteiger partial charge in [0.05, 0.1) is 12.8 Å². The van der Waals surface area contributed by atoms with Gasteiger partial charge < -0.3 is 14.2 Å². The number of hydrogen-bond acceptors (Lipinski definition) is 5. The molecule has 0 atom stereocenters. The van der Waals surface area contributed by atoms with Gasteiger partial charge in [-0.3, -0.25) is 9.69 Å². The third-order valence-electron chi connectivity index (χ3n) is 5.30. The number of amides is 1. The zero-order chi connectivity index (χ0) is 19.2. The standard InChI is InChI=1S/C21H29N3O3/c1-16-19(17(2)27-22-16)15-23-11-6-12-24(14-13-23)21(25)10-9-18-7-4-5-8-20(18)26-3/h4-5,7-8H,6,9-15H2,1-3H3. The maximum atomic E-state index is 12.7. The van der Waals surface area contributed by atoms with E-state index in [1.807, 2.05) is 43.0 Å². The number of aromatic nitrogens is 1. The van der Waals surface area contributed by atoms with Crippen molar-refractivity contribution in [3.05, 3.63) is 46.8 Å². The zero-order valence-corrected chi connectivity index (χ0v) is 16.5. The first-order chi connectivity index (χ1) is 13.1. The molecule has 0 saturated carbocycles. The van der Waals surface area contributed by atoms with Gasteiger partial charge in [0, 0.05) is 44.7 Å². The van der Waals surface area contributed by atoms with Crippen LogP contribution in [0.5, 0.6) is 5.75 Å². The summed E-state index contributed by atoms with van der Waals surface area (Å²) in [6.45, 7) is 8.24. The van der Waals surface area contributed by atoms with Crippen LogP contribution in [-0.2, 0) is 17.8 Å². The van der Waals surface area contributed by atoms with E-state index >= 15 is 0 Å². The molecule has 0 aliphatic carbocycles. The fraction of sp³-hybridized carbons (Fsp3) is 0.524. The molecule has 0 spiro atoms. The monoisotopic (exact) mass is 371 g/mol. The number of nitrogens with zero attached hydrogens (tertiary/aromatic N) is 3. The first kappa shape index (κ1) is 19.4. The van der Waals surface area contributed by atoms with Gasteiger partial charge in [0.1, 0.15) is 11.5 Å². The lowest BCUT2D eigenvalue weighted by Crippen LogP contribution is -2.35. The minimum absolute atomic E-state index is 0.222. The van der Waals surface area contributed by atoms with E-state index in [1.54, 1.807) is 7.11 Å². The molecule has 146 valence electrons. The van der Waals surface area contributed by atoms with Crippen molar-refractivity contribution >= 4 is 5.91 Å². The van der Waals surface area contributed by atoms with E-state index in [0.717, 1.165) is 61.9 Å². The molecule has 0 bridgehead atoms. The lowest BCUT2D eigenvalue weighted by Gasteiger charge is -2.22. The quantitative estimate of drug-likeness (QED) is 0.781. The van der Waals surface area contributed by atoms with Gasteiger partial charge in [0.15, 0.2) is 0 Å². The molecule has 1 fully saturated rings. The molecule has 1 aromatic heterocycles. The highest BCUT2D eigenvalue weighted by molar-refractivity contribution is 5.76. The average molecular weight is 371 g/mol. The number of carbonyl (C=O) groups excluding carboxylic acids is 1. The number of carbonyl (C=O) groups is 1. The third kappa shape index (κ3) is 4.89.